The van der Waals surface area contributed by atoms with Gasteiger partial charge in [0.05, 0.1) is 12.3 Å². The molecule has 0 saturated carbocycles. The second kappa shape index (κ2) is 9.50. The number of aliphatic imine (C=N–C) groups is 1. The molecular formula is C25H22F3N3O3S. The Labute approximate surface area is 204 Å². The van der Waals surface area contributed by atoms with Crippen molar-refractivity contribution in [3.8, 4) is 0 Å². The van der Waals surface area contributed by atoms with Crippen molar-refractivity contribution in [3.05, 3.63) is 89.1 Å². The molecule has 1 aromatic heterocycles. The van der Waals surface area contributed by atoms with E-state index in [1.54, 1.807) is 37.3 Å². The first-order valence-electron chi connectivity index (χ1n) is 11.1. The van der Waals surface area contributed by atoms with Crippen molar-refractivity contribution in [3.63, 3.8) is 0 Å². The molecule has 182 valence electrons. The van der Waals surface area contributed by atoms with Crippen LogP contribution in [0.25, 0.3) is 0 Å². The van der Waals surface area contributed by atoms with Crippen molar-refractivity contribution < 1.29 is 27.1 Å². The van der Waals surface area contributed by atoms with Crippen molar-refractivity contribution in [2.24, 2.45) is 10.9 Å². The molecule has 0 aliphatic carbocycles. The van der Waals surface area contributed by atoms with Gasteiger partial charge >= 0.3 is 0 Å². The number of aromatic nitrogens is 1. The largest absolute Gasteiger partial charge is 0.446 e. The van der Waals surface area contributed by atoms with Gasteiger partial charge in [-0.1, -0.05) is 36.0 Å². The van der Waals surface area contributed by atoms with Crippen LogP contribution >= 0.6 is 11.8 Å². The Hall–Kier alpha value is -3.11. The Morgan fingerprint density at radius 2 is 2.03 bits per heavy atom. The SMILES string of the molecule is Cc1coc([C@H]2C[C@H]3[C@@H](CF)SC(NC(=O)c4ccccc4)=N[C@@]3(c3ccc(F)cc3F)CO2)n1. The van der Waals surface area contributed by atoms with Gasteiger partial charge < -0.3 is 14.5 Å². The number of fused-ring (bicyclic) bond motifs is 1. The fourth-order valence-electron chi connectivity index (χ4n) is 4.66. The highest BCUT2D eigenvalue weighted by molar-refractivity contribution is 8.14. The quantitative estimate of drug-likeness (QED) is 0.538. The summed E-state index contributed by atoms with van der Waals surface area (Å²) in [7, 11) is 0. The molecule has 1 N–H and O–H groups in total. The number of amides is 1. The van der Waals surface area contributed by atoms with Crippen molar-refractivity contribution in [2.75, 3.05) is 13.3 Å². The van der Waals surface area contributed by atoms with E-state index in [-0.39, 0.29) is 23.8 Å². The fraction of sp³-hybridized carbons (Fsp3) is 0.320. The van der Waals surface area contributed by atoms with E-state index in [2.05, 4.69) is 10.3 Å². The maximum Gasteiger partial charge on any atom is 0.257 e. The first-order valence-corrected chi connectivity index (χ1v) is 12.0. The van der Waals surface area contributed by atoms with Crippen LogP contribution in [0, 0.1) is 24.5 Å². The molecule has 0 unspecified atom stereocenters. The van der Waals surface area contributed by atoms with Crippen molar-refractivity contribution in [1.82, 2.24) is 10.3 Å². The number of oxazole rings is 1. The van der Waals surface area contributed by atoms with Crippen LogP contribution in [0.1, 0.15) is 40.0 Å². The van der Waals surface area contributed by atoms with Gasteiger partial charge in [-0.3, -0.25) is 4.79 Å². The van der Waals surface area contributed by atoms with Crippen LogP contribution in [0.3, 0.4) is 0 Å². The zero-order valence-corrected chi connectivity index (χ0v) is 19.5. The van der Waals surface area contributed by atoms with Gasteiger partial charge in [-0.15, -0.1) is 0 Å². The Morgan fingerprint density at radius 1 is 1.23 bits per heavy atom. The second-order valence-corrected chi connectivity index (χ2v) is 9.79. The molecule has 2 aliphatic rings. The van der Waals surface area contributed by atoms with E-state index in [9.17, 15) is 13.6 Å². The number of halogens is 3. The number of carbonyl (C=O) groups is 1. The van der Waals surface area contributed by atoms with Gasteiger partial charge in [-0.25, -0.2) is 23.1 Å². The molecule has 1 fully saturated rings. The number of amidine groups is 1. The number of nitrogens with one attached hydrogen (secondary N) is 1. The molecular weight excluding hydrogens is 479 g/mol. The first kappa shape index (κ1) is 23.6. The van der Waals surface area contributed by atoms with E-state index < -0.39 is 47.0 Å². The summed E-state index contributed by atoms with van der Waals surface area (Å²) in [4.78, 5) is 21.8. The van der Waals surface area contributed by atoms with Crippen LogP contribution in [0.4, 0.5) is 13.2 Å². The number of thioether (sulfide) groups is 1. The number of benzene rings is 2. The lowest BCUT2D eigenvalue weighted by atomic mass is 9.72. The molecule has 3 aromatic rings. The van der Waals surface area contributed by atoms with E-state index in [1.165, 1.54) is 12.3 Å². The van der Waals surface area contributed by atoms with Gasteiger partial charge in [0.15, 0.2) is 5.17 Å². The standard InChI is InChI=1S/C25H22F3N3O3S/c1-14-12-33-23(29-14)20-10-18-21(11-26)35-24(30-22(32)15-5-3-2-4-6-15)31-25(18,13-34-20)17-8-7-16(27)9-19(17)28/h2-9,12,18,20-21H,10-11,13H2,1H3,(H,30,31,32)/t18-,20+,21+,25+/m0/s1. The molecule has 2 aromatic carbocycles. The number of hydrogen-bond acceptors (Lipinski definition) is 6. The third-order valence-corrected chi connectivity index (χ3v) is 7.49. The Bertz CT molecular complexity index is 1270. The normalized spacial score (nSPS) is 26.1. The molecule has 0 radical (unpaired) electrons. The highest BCUT2D eigenvalue weighted by Crippen LogP contribution is 2.52. The number of rotatable bonds is 4. The Morgan fingerprint density at radius 3 is 2.71 bits per heavy atom. The molecule has 35 heavy (non-hydrogen) atoms. The lowest BCUT2D eigenvalue weighted by molar-refractivity contribution is -0.0769. The minimum Gasteiger partial charge on any atom is -0.446 e. The van der Waals surface area contributed by atoms with Gasteiger partial charge in [0, 0.05) is 28.4 Å². The summed E-state index contributed by atoms with van der Waals surface area (Å²) in [5.41, 5.74) is -0.224. The predicted octanol–water partition coefficient (Wildman–Crippen LogP) is 5.11. The topological polar surface area (TPSA) is 76.7 Å². The van der Waals surface area contributed by atoms with Crippen molar-refractivity contribution in [1.29, 1.82) is 0 Å². The van der Waals surface area contributed by atoms with Crippen LogP contribution in [0.2, 0.25) is 0 Å². The second-order valence-electron chi connectivity index (χ2n) is 8.57. The third kappa shape index (κ3) is 4.48. The highest BCUT2D eigenvalue weighted by atomic mass is 32.2. The average Bonchev–Trinajstić information content (AvgIpc) is 3.29. The van der Waals surface area contributed by atoms with Crippen LogP contribution in [0.15, 0.2) is 64.2 Å². The van der Waals surface area contributed by atoms with Gasteiger partial charge in [0.25, 0.3) is 5.91 Å². The molecule has 6 nitrogen and oxygen atoms in total. The van der Waals surface area contributed by atoms with Gasteiger partial charge in [0.2, 0.25) is 5.89 Å². The minimum atomic E-state index is -1.38. The molecule has 5 rings (SSSR count). The van der Waals surface area contributed by atoms with Gasteiger partial charge in [0.1, 0.15) is 36.2 Å². The van der Waals surface area contributed by atoms with Crippen LogP contribution in [0.5, 0.6) is 0 Å². The monoisotopic (exact) mass is 501 g/mol. The summed E-state index contributed by atoms with van der Waals surface area (Å²) in [6, 6.07) is 11.7. The smallest absolute Gasteiger partial charge is 0.257 e. The lowest BCUT2D eigenvalue weighted by Crippen LogP contribution is -2.53. The van der Waals surface area contributed by atoms with E-state index in [4.69, 9.17) is 14.1 Å². The van der Waals surface area contributed by atoms with E-state index in [1.807, 2.05) is 0 Å². The summed E-state index contributed by atoms with van der Waals surface area (Å²) in [5, 5.41) is 2.20. The van der Waals surface area contributed by atoms with Crippen LogP contribution in [-0.4, -0.2) is 34.6 Å². The third-order valence-electron chi connectivity index (χ3n) is 6.32. The Kier molecular flexibility index (Phi) is 6.41. The van der Waals surface area contributed by atoms with Gasteiger partial charge in [-0.2, -0.15) is 0 Å². The number of nitrogens with zero attached hydrogens (tertiary/aromatic N) is 2. The van der Waals surface area contributed by atoms with Crippen molar-refractivity contribution in [2.45, 2.75) is 30.2 Å². The molecule has 1 amide bonds. The lowest BCUT2D eigenvalue weighted by Gasteiger charge is -2.48. The number of aryl methyl sites for hydroxylation is 1. The molecule has 10 heteroatoms. The highest BCUT2D eigenvalue weighted by Gasteiger charge is 2.54. The summed E-state index contributed by atoms with van der Waals surface area (Å²) in [5.74, 6) is -2.16. The van der Waals surface area contributed by atoms with Crippen LogP contribution in [-0.2, 0) is 10.3 Å². The molecule has 3 heterocycles. The number of hydrogen-bond donors (Lipinski definition) is 1. The predicted molar refractivity (Wildman–Crippen MR) is 125 cm³/mol. The molecule has 1 saturated heterocycles. The average molecular weight is 502 g/mol. The molecule has 4 atom stereocenters. The summed E-state index contributed by atoms with van der Waals surface area (Å²) >= 11 is 1.08. The summed E-state index contributed by atoms with van der Waals surface area (Å²) in [6.07, 6.45) is 1.18. The summed E-state index contributed by atoms with van der Waals surface area (Å²) in [6.45, 7) is 0.895. The van der Waals surface area contributed by atoms with Crippen molar-refractivity contribution >= 4 is 22.8 Å². The molecule has 0 bridgehead atoms. The van der Waals surface area contributed by atoms with Crippen LogP contribution < -0.4 is 5.32 Å². The van der Waals surface area contributed by atoms with E-state index >= 15 is 4.39 Å². The minimum absolute atomic E-state index is 0.0798. The zero-order valence-electron chi connectivity index (χ0n) is 18.7. The summed E-state index contributed by atoms with van der Waals surface area (Å²) < 4.78 is 54.9. The molecule has 2 aliphatic heterocycles. The fourth-order valence-corrected chi connectivity index (χ4v) is 5.88. The number of alkyl halides is 1. The molecule has 0 spiro atoms. The maximum atomic E-state index is 15.1. The maximum absolute atomic E-state index is 15.1. The zero-order chi connectivity index (χ0) is 24.6. The Balaban J connectivity index is 1.56. The van der Waals surface area contributed by atoms with E-state index in [0.29, 0.717) is 17.1 Å². The first-order chi connectivity index (χ1) is 16.9. The number of ether oxygens (including phenoxy) is 1. The number of carbonyl (C=O) groups excluding carboxylic acids is 1. The van der Waals surface area contributed by atoms with Gasteiger partial charge in [-0.05, 0) is 31.5 Å². The van der Waals surface area contributed by atoms with E-state index in [0.717, 1.165) is 23.9 Å².